The van der Waals surface area contributed by atoms with Crippen LogP contribution in [-0.4, -0.2) is 13.2 Å². The van der Waals surface area contributed by atoms with Crippen LogP contribution >= 0.6 is 10.0 Å². The van der Waals surface area contributed by atoms with E-state index in [0.29, 0.717) is 0 Å². The van der Waals surface area contributed by atoms with E-state index in [4.69, 9.17) is 10.0 Å². The predicted octanol–water partition coefficient (Wildman–Crippen LogP) is 7.11. The van der Waals surface area contributed by atoms with Gasteiger partial charge in [0, 0.05) is 0 Å². The first-order chi connectivity index (χ1) is 9.93. The number of halogens is 1. The summed E-state index contributed by atoms with van der Waals surface area (Å²) in [5.74, 6) is 0. The Morgan fingerprint density at radius 2 is 0.727 bits per heavy atom. The lowest BCUT2D eigenvalue weighted by molar-refractivity contribution is 0.739. The molecule has 0 atom stereocenters. The fraction of sp³-hybridized carbons (Fsp3) is 0.600. The van der Waals surface area contributed by atoms with Crippen molar-refractivity contribution < 1.29 is 0 Å². The topological polar surface area (TPSA) is 0 Å². The Kier molecular flexibility index (Phi) is 4.46. The fourth-order valence-corrected chi connectivity index (χ4v) is 10.1. The summed E-state index contributed by atoms with van der Waals surface area (Å²) in [4.78, 5) is 0. The molecule has 0 N–H and O–H groups in total. The lowest BCUT2D eigenvalue weighted by Crippen LogP contribution is -2.38. The summed E-state index contributed by atoms with van der Waals surface area (Å²) in [6.07, 6.45) is 0. The van der Waals surface area contributed by atoms with Crippen LogP contribution in [0.2, 0.25) is 8.55 Å². The lowest BCUT2D eigenvalue weighted by Gasteiger charge is -2.42. The summed E-state index contributed by atoms with van der Waals surface area (Å²) < 4.78 is 0.135. The van der Waals surface area contributed by atoms with Crippen molar-refractivity contribution in [1.82, 2.24) is 0 Å². The summed E-state index contributed by atoms with van der Waals surface area (Å²) >= 11 is -1.68. The first kappa shape index (κ1) is 18.1. The van der Waals surface area contributed by atoms with Crippen LogP contribution in [0.4, 0.5) is 0 Å². The molecule has 120 valence electrons. The molecule has 0 saturated carbocycles. The van der Waals surface area contributed by atoms with E-state index >= 15 is 0 Å². The Morgan fingerprint density at radius 3 is 0.909 bits per heavy atom. The molecule has 0 saturated heterocycles. The highest BCUT2D eigenvalue weighted by atomic mass is 35.6. The van der Waals surface area contributed by atoms with E-state index in [0.717, 1.165) is 0 Å². The Morgan fingerprint density at radius 1 is 0.545 bits per heavy atom. The van der Waals surface area contributed by atoms with Crippen LogP contribution in [0.1, 0.15) is 69.2 Å². The molecule has 0 aliphatic heterocycles. The zero-order valence-corrected chi connectivity index (χ0v) is 17.9. The smallest absolute Gasteiger partial charge is 0.258 e. The van der Waals surface area contributed by atoms with Gasteiger partial charge in [-0.05, 0) is 86.2 Å². The summed E-state index contributed by atoms with van der Waals surface area (Å²) in [5, 5.41) is 0. The van der Waals surface area contributed by atoms with Gasteiger partial charge in [-0.1, -0.05) is 36.1 Å². The molecule has 2 aliphatic carbocycles. The molecule has 0 nitrogen and oxygen atoms in total. The van der Waals surface area contributed by atoms with Crippen molar-refractivity contribution in [2.24, 2.45) is 0 Å². The Hall–Kier alpha value is -0.218. The van der Waals surface area contributed by atoms with Crippen molar-refractivity contribution in [3.05, 3.63) is 44.6 Å². The Balaban J connectivity index is 2.66. The molecular formula is C20H30AlCl. The van der Waals surface area contributed by atoms with Crippen LogP contribution in [0, 0.1) is 0 Å². The van der Waals surface area contributed by atoms with Gasteiger partial charge in [0.25, 0.3) is 0 Å². The van der Waals surface area contributed by atoms with Gasteiger partial charge in [-0.2, -0.15) is 0 Å². The van der Waals surface area contributed by atoms with E-state index in [1.807, 2.05) is 0 Å². The summed E-state index contributed by atoms with van der Waals surface area (Å²) in [6.45, 7) is 23.0. The second kappa shape index (κ2) is 5.41. The zero-order valence-electron chi connectivity index (χ0n) is 16.0. The molecule has 0 radical (unpaired) electrons. The maximum atomic E-state index is 7.42. The van der Waals surface area contributed by atoms with Crippen molar-refractivity contribution in [3.63, 3.8) is 0 Å². The van der Waals surface area contributed by atoms with E-state index in [-0.39, 0.29) is 8.55 Å². The summed E-state index contributed by atoms with van der Waals surface area (Å²) in [6, 6.07) is 0. The van der Waals surface area contributed by atoms with Crippen molar-refractivity contribution >= 4 is 23.3 Å². The third-order valence-electron chi connectivity index (χ3n) is 7.50. The fourth-order valence-electron chi connectivity index (χ4n) is 4.58. The van der Waals surface area contributed by atoms with E-state index in [2.05, 4.69) is 69.2 Å². The van der Waals surface area contributed by atoms with Crippen LogP contribution in [0.5, 0.6) is 0 Å². The molecule has 2 rings (SSSR count). The summed E-state index contributed by atoms with van der Waals surface area (Å²) in [7, 11) is 7.42. The van der Waals surface area contributed by atoms with Gasteiger partial charge < -0.3 is 0 Å². The second-order valence-electron chi connectivity index (χ2n) is 7.77. The maximum Gasteiger partial charge on any atom is 0.429 e. The number of hydrogen-bond acceptors (Lipinski definition) is 0. The first-order valence-electron chi connectivity index (χ1n) is 8.30. The molecule has 0 aromatic carbocycles. The molecule has 0 heterocycles. The number of allylic oxidation sites excluding steroid dienone is 8. The number of hydrogen-bond donors (Lipinski definition) is 0. The van der Waals surface area contributed by atoms with Crippen molar-refractivity contribution in [2.75, 3.05) is 0 Å². The van der Waals surface area contributed by atoms with Crippen molar-refractivity contribution in [2.45, 2.75) is 77.8 Å². The van der Waals surface area contributed by atoms with Crippen LogP contribution in [-0.2, 0) is 0 Å². The third-order valence-corrected chi connectivity index (χ3v) is 13.9. The number of rotatable bonds is 2. The quantitative estimate of drug-likeness (QED) is 0.472. The molecule has 0 fully saturated rings. The molecular weight excluding hydrogens is 303 g/mol. The van der Waals surface area contributed by atoms with Crippen LogP contribution in [0.3, 0.4) is 0 Å². The van der Waals surface area contributed by atoms with Gasteiger partial charge in [0.1, 0.15) is 0 Å². The minimum Gasteiger partial charge on any atom is -0.258 e. The van der Waals surface area contributed by atoms with E-state index in [1.165, 1.54) is 44.6 Å². The minimum absolute atomic E-state index is 0.0674. The van der Waals surface area contributed by atoms with E-state index in [9.17, 15) is 0 Å². The molecule has 22 heavy (non-hydrogen) atoms. The van der Waals surface area contributed by atoms with Crippen molar-refractivity contribution in [1.29, 1.82) is 0 Å². The van der Waals surface area contributed by atoms with Crippen LogP contribution in [0.25, 0.3) is 0 Å². The normalized spacial score (nSPS) is 24.1. The Bertz CT molecular complexity index is 564. The molecule has 2 aliphatic rings. The van der Waals surface area contributed by atoms with Gasteiger partial charge in [-0.25, -0.2) is 0 Å². The van der Waals surface area contributed by atoms with Gasteiger partial charge in [0.05, 0.1) is 0 Å². The molecule has 0 aromatic heterocycles. The van der Waals surface area contributed by atoms with Gasteiger partial charge >= 0.3 is 13.2 Å². The van der Waals surface area contributed by atoms with Crippen molar-refractivity contribution in [3.8, 4) is 0 Å². The van der Waals surface area contributed by atoms with Gasteiger partial charge in [-0.3, -0.25) is 10.0 Å². The highest BCUT2D eigenvalue weighted by Gasteiger charge is 2.58. The van der Waals surface area contributed by atoms with E-state index < -0.39 is 13.2 Å². The van der Waals surface area contributed by atoms with Gasteiger partial charge in [-0.15, -0.1) is 0 Å². The summed E-state index contributed by atoms with van der Waals surface area (Å²) in [5.41, 5.74) is 11.8. The average molecular weight is 333 g/mol. The monoisotopic (exact) mass is 332 g/mol. The molecule has 0 spiro atoms. The Labute approximate surface area is 145 Å². The minimum atomic E-state index is -1.68. The van der Waals surface area contributed by atoms with Crippen LogP contribution in [0.15, 0.2) is 44.6 Å². The molecule has 0 unspecified atom stereocenters. The zero-order chi connectivity index (χ0) is 17.2. The average Bonchev–Trinajstić information content (AvgIpc) is 2.75. The van der Waals surface area contributed by atoms with Gasteiger partial charge in [0.15, 0.2) is 0 Å². The largest absolute Gasteiger partial charge is 0.429 e. The molecule has 0 amide bonds. The van der Waals surface area contributed by atoms with Crippen LogP contribution < -0.4 is 0 Å². The van der Waals surface area contributed by atoms with Gasteiger partial charge in [0.2, 0.25) is 0 Å². The maximum absolute atomic E-state index is 7.42. The lowest BCUT2D eigenvalue weighted by atomic mass is 9.96. The third kappa shape index (κ3) is 1.95. The molecule has 2 heteroatoms. The standard InChI is InChI=1S/2C10H15.Al.ClH/c2*1-6-7(2)9(4)10(5)8(6)3;;/h2*1-5H3;;1H/q;;+1;/p-1. The highest BCUT2D eigenvalue weighted by Crippen LogP contribution is 2.65. The first-order valence-corrected chi connectivity index (χ1v) is 11.2. The van der Waals surface area contributed by atoms with E-state index in [1.54, 1.807) is 0 Å². The highest BCUT2D eigenvalue weighted by molar-refractivity contribution is 7.11. The molecule has 0 aromatic rings. The predicted molar refractivity (Wildman–Crippen MR) is 102 cm³/mol. The second-order valence-corrected chi connectivity index (χ2v) is 12.1. The SMILES string of the molecule is CC1=C(C)[C](C)([Al]([Cl])[C]2(C)C(C)=C(C)C(C)=C2C)C(C)=C1C. The molecule has 0 bridgehead atoms.